The topological polar surface area (TPSA) is 147 Å². The van der Waals surface area contributed by atoms with Gasteiger partial charge in [-0.3, -0.25) is 9.59 Å². The average Bonchev–Trinajstić information content (AvgIpc) is 2.84. The lowest BCUT2D eigenvalue weighted by atomic mass is 10.2. The number of rotatable bonds is 6. The van der Waals surface area contributed by atoms with E-state index >= 15 is 0 Å². The number of hydrogen-bond donors (Lipinski definition) is 3. The molecule has 21 heavy (non-hydrogen) atoms. The molecule has 1 heterocycles. The Bertz CT molecular complexity index is 800. The highest BCUT2D eigenvalue weighted by atomic mass is 32.2. The number of nitrogens with zero attached hydrogens (tertiary/aromatic N) is 2. The summed E-state index contributed by atoms with van der Waals surface area (Å²) in [5.74, 6) is -3.01. The normalized spacial score (nSPS) is 13.1. The molecule has 0 aliphatic heterocycles. The van der Waals surface area contributed by atoms with E-state index in [0.29, 0.717) is 5.52 Å². The first kappa shape index (κ1) is 15.3. The quantitative estimate of drug-likeness (QED) is 0.665. The molecule has 0 amide bonds. The van der Waals surface area contributed by atoms with E-state index in [1.807, 2.05) is 4.72 Å². The first-order valence-electron chi connectivity index (χ1n) is 5.49. The van der Waals surface area contributed by atoms with Crippen LogP contribution in [0, 0.1) is 0 Å². The van der Waals surface area contributed by atoms with Crippen molar-refractivity contribution in [2.75, 3.05) is 0 Å². The van der Waals surface area contributed by atoms with Crippen LogP contribution >= 0.6 is 11.7 Å². The van der Waals surface area contributed by atoms with E-state index in [0.717, 1.165) is 11.7 Å². The molecule has 1 aromatic carbocycles. The zero-order valence-electron chi connectivity index (χ0n) is 10.3. The fraction of sp³-hybridized carbons (Fsp3) is 0.200. The van der Waals surface area contributed by atoms with Crippen LogP contribution in [-0.4, -0.2) is 45.4 Å². The third-order valence-electron chi connectivity index (χ3n) is 2.51. The minimum absolute atomic E-state index is 0.106. The highest BCUT2D eigenvalue weighted by Gasteiger charge is 2.29. The highest BCUT2D eigenvalue weighted by molar-refractivity contribution is 7.89. The van der Waals surface area contributed by atoms with E-state index in [4.69, 9.17) is 10.2 Å². The minimum Gasteiger partial charge on any atom is -0.481 e. The molecule has 0 bridgehead atoms. The molecular formula is C10H9N3O6S2. The van der Waals surface area contributed by atoms with Gasteiger partial charge in [0.05, 0.1) is 18.1 Å². The summed E-state index contributed by atoms with van der Waals surface area (Å²) in [6.45, 7) is 0. The molecule has 3 N–H and O–H groups in total. The maximum absolute atomic E-state index is 12.2. The Balaban J connectivity index is 2.39. The molecule has 1 aromatic heterocycles. The highest BCUT2D eigenvalue weighted by Crippen LogP contribution is 2.21. The number of carboxylic acids is 2. The standard InChI is InChI=1S/C10H9N3O6S2/c14-8(15)4-6(10(16)17)13-21(18,19)7-3-1-2-5-9(7)12-20-11-5/h1-3,6,13H,4H2,(H,14,15)(H,16,17)/t6-/m1/s1. The lowest BCUT2D eigenvalue weighted by Crippen LogP contribution is -2.42. The van der Waals surface area contributed by atoms with Crippen LogP contribution in [0.25, 0.3) is 11.0 Å². The van der Waals surface area contributed by atoms with E-state index in [-0.39, 0.29) is 10.4 Å². The van der Waals surface area contributed by atoms with Crippen LogP contribution in [0.2, 0.25) is 0 Å². The van der Waals surface area contributed by atoms with Gasteiger partial charge in [0.2, 0.25) is 10.0 Å². The van der Waals surface area contributed by atoms with Crippen molar-refractivity contribution in [3.63, 3.8) is 0 Å². The lowest BCUT2D eigenvalue weighted by Gasteiger charge is -2.12. The minimum atomic E-state index is -4.24. The molecule has 11 heteroatoms. The summed E-state index contributed by atoms with van der Waals surface area (Å²) in [6.07, 6.45) is -0.875. The molecule has 0 saturated carbocycles. The molecule has 1 atom stereocenters. The van der Waals surface area contributed by atoms with Crippen LogP contribution in [0.3, 0.4) is 0 Å². The third kappa shape index (κ3) is 3.32. The molecule has 2 rings (SSSR count). The molecule has 0 fully saturated rings. The maximum atomic E-state index is 12.2. The van der Waals surface area contributed by atoms with Gasteiger partial charge in [0, 0.05) is 0 Å². The first-order chi connectivity index (χ1) is 9.81. The van der Waals surface area contributed by atoms with Gasteiger partial charge in [0.1, 0.15) is 22.0 Å². The SMILES string of the molecule is O=C(O)C[C@@H](NS(=O)(=O)c1cccc2nsnc12)C(=O)O. The van der Waals surface area contributed by atoms with Gasteiger partial charge in [0.25, 0.3) is 0 Å². The number of carboxylic acid groups (broad SMARTS) is 2. The van der Waals surface area contributed by atoms with Crippen molar-refractivity contribution in [3.05, 3.63) is 18.2 Å². The molecule has 0 aliphatic rings. The number of hydrogen-bond acceptors (Lipinski definition) is 7. The average molecular weight is 331 g/mol. The van der Waals surface area contributed by atoms with Gasteiger partial charge in [-0.05, 0) is 12.1 Å². The maximum Gasteiger partial charge on any atom is 0.322 e. The number of benzene rings is 1. The molecule has 0 radical (unpaired) electrons. The van der Waals surface area contributed by atoms with Crippen molar-refractivity contribution in [2.24, 2.45) is 0 Å². The Morgan fingerprint density at radius 2 is 2.00 bits per heavy atom. The predicted molar refractivity (Wildman–Crippen MR) is 71.4 cm³/mol. The van der Waals surface area contributed by atoms with Gasteiger partial charge in [-0.15, -0.1) is 0 Å². The van der Waals surface area contributed by atoms with Crippen LogP contribution in [0.1, 0.15) is 6.42 Å². The Labute approximate surface area is 122 Å². The summed E-state index contributed by atoms with van der Waals surface area (Å²) >= 11 is 0.816. The van der Waals surface area contributed by atoms with Crippen molar-refractivity contribution >= 4 is 44.7 Å². The van der Waals surface area contributed by atoms with Crippen LogP contribution in [0.5, 0.6) is 0 Å². The molecule has 0 spiro atoms. The lowest BCUT2D eigenvalue weighted by molar-refractivity contribution is -0.145. The number of nitrogens with one attached hydrogen (secondary N) is 1. The summed E-state index contributed by atoms with van der Waals surface area (Å²) in [5, 5.41) is 17.5. The van der Waals surface area contributed by atoms with Gasteiger partial charge in [-0.25, -0.2) is 8.42 Å². The molecule has 0 saturated heterocycles. The summed E-state index contributed by atoms with van der Waals surface area (Å²) < 4.78 is 34.0. The number of aliphatic carboxylic acids is 2. The summed E-state index contributed by atoms with van der Waals surface area (Å²) in [5.41, 5.74) is 0.461. The Hall–Kier alpha value is -2.11. The second-order valence-electron chi connectivity index (χ2n) is 4.00. The molecular weight excluding hydrogens is 322 g/mol. The predicted octanol–water partition coefficient (Wildman–Crippen LogP) is -0.102. The monoisotopic (exact) mass is 331 g/mol. The van der Waals surface area contributed by atoms with Crippen LogP contribution in [0.15, 0.2) is 23.1 Å². The van der Waals surface area contributed by atoms with Gasteiger partial charge >= 0.3 is 11.9 Å². The largest absolute Gasteiger partial charge is 0.481 e. The third-order valence-corrected chi connectivity index (χ3v) is 4.56. The summed E-state index contributed by atoms with van der Waals surface area (Å²) in [7, 11) is -4.24. The van der Waals surface area contributed by atoms with Crippen molar-refractivity contribution < 1.29 is 28.2 Å². The fourth-order valence-electron chi connectivity index (χ4n) is 1.60. The van der Waals surface area contributed by atoms with E-state index in [9.17, 15) is 18.0 Å². The van der Waals surface area contributed by atoms with Gasteiger partial charge in [-0.2, -0.15) is 13.5 Å². The molecule has 0 unspecified atom stereocenters. The van der Waals surface area contributed by atoms with Crippen molar-refractivity contribution in [1.29, 1.82) is 0 Å². The van der Waals surface area contributed by atoms with E-state index < -0.39 is 34.4 Å². The molecule has 2 aromatic rings. The van der Waals surface area contributed by atoms with Crippen LogP contribution < -0.4 is 4.72 Å². The summed E-state index contributed by atoms with van der Waals surface area (Å²) in [6, 6.07) is 2.47. The first-order valence-corrected chi connectivity index (χ1v) is 7.71. The number of sulfonamides is 1. The number of carbonyl (C=O) groups is 2. The number of aromatic nitrogens is 2. The van der Waals surface area contributed by atoms with Gasteiger partial charge in [0.15, 0.2) is 0 Å². The van der Waals surface area contributed by atoms with Crippen molar-refractivity contribution in [3.8, 4) is 0 Å². The van der Waals surface area contributed by atoms with Crippen molar-refractivity contribution in [1.82, 2.24) is 13.5 Å². The van der Waals surface area contributed by atoms with E-state index in [1.54, 1.807) is 6.07 Å². The van der Waals surface area contributed by atoms with Gasteiger partial charge in [-0.1, -0.05) is 6.07 Å². The second kappa shape index (κ2) is 5.71. The van der Waals surface area contributed by atoms with Crippen molar-refractivity contribution in [2.45, 2.75) is 17.4 Å². The van der Waals surface area contributed by atoms with E-state index in [2.05, 4.69) is 8.75 Å². The second-order valence-corrected chi connectivity index (χ2v) is 6.21. The van der Waals surface area contributed by atoms with Crippen LogP contribution in [0.4, 0.5) is 0 Å². The molecule has 112 valence electrons. The van der Waals surface area contributed by atoms with Gasteiger partial charge < -0.3 is 10.2 Å². The smallest absolute Gasteiger partial charge is 0.322 e. The zero-order valence-corrected chi connectivity index (χ0v) is 11.9. The summed E-state index contributed by atoms with van der Waals surface area (Å²) in [4.78, 5) is 21.3. The molecule has 9 nitrogen and oxygen atoms in total. The molecule has 0 aliphatic carbocycles. The Kier molecular flexibility index (Phi) is 4.16. The fourth-order valence-corrected chi connectivity index (χ4v) is 3.56. The van der Waals surface area contributed by atoms with E-state index in [1.165, 1.54) is 12.1 Å². The zero-order chi connectivity index (χ0) is 15.6. The number of fused-ring (bicyclic) bond motifs is 1. The Morgan fingerprint density at radius 3 is 2.62 bits per heavy atom. The Morgan fingerprint density at radius 1 is 1.29 bits per heavy atom. The van der Waals surface area contributed by atoms with Crippen LogP contribution in [-0.2, 0) is 19.6 Å².